The average molecular weight is 411 g/mol. The van der Waals surface area contributed by atoms with Crippen LogP contribution < -0.4 is 30.2 Å². The van der Waals surface area contributed by atoms with E-state index in [1.165, 1.54) is 7.11 Å². The summed E-state index contributed by atoms with van der Waals surface area (Å²) in [5.41, 5.74) is 2.05. The SMILES string of the molecule is CCOc1ccc(NC(=O)C2=C(C)NC(=O)N[C@H]2c2cc(OC)ccc2OC)cc1. The molecule has 0 saturated heterocycles. The average Bonchev–Trinajstić information content (AvgIpc) is 2.74. The van der Waals surface area contributed by atoms with Gasteiger partial charge in [0.05, 0.1) is 32.4 Å². The van der Waals surface area contributed by atoms with Crippen LogP contribution in [0.5, 0.6) is 17.2 Å². The predicted octanol–water partition coefficient (Wildman–Crippen LogP) is 3.37. The molecule has 0 fully saturated rings. The summed E-state index contributed by atoms with van der Waals surface area (Å²) < 4.78 is 16.2. The van der Waals surface area contributed by atoms with E-state index in [1.807, 2.05) is 6.92 Å². The normalized spacial score (nSPS) is 15.7. The van der Waals surface area contributed by atoms with E-state index in [9.17, 15) is 9.59 Å². The second kappa shape index (κ2) is 9.21. The lowest BCUT2D eigenvalue weighted by atomic mass is 9.93. The van der Waals surface area contributed by atoms with Crippen LogP contribution in [0.25, 0.3) is 0 Å². The largest absolute Gasteiger partial charge is 0.497 e. The fourth-order valence-electron chi connectivity index (χ4n) is 3.29. The van der Waals surface area contributed by atoms with Crippen molar-refractivity contribution in [2.45, 2.75) is 19.9 Å². The third-order valence-corrected chi connectivity index (χ3v) is 4.68. The lowest BCUT2D eigenvalue weighted by Gasteiger charge is -2.29. The highest BCUT2D eigenvalue weighted by atomic mass is 16.5. The van der Waals surface area contributed by atoms with Crippen LogP contribution in [0, 0.1) is 0 Å². The molecular formula is C22H25N3O5. The van der Waals surface area contributed by atoms with E-state index in [2.05, 4.69) is 16.0 Å². The monoisotopic (exact) mass is 411 g/mol. The maximum Gasteiger partial charge on any atom is 0.319 e. The fraction of sp³-hybridized carbons (Fsp3) is 0.273. The Kier molecular flexibility index (Phi) is 6.46. The van der Waals surface area contributed by atoms with Crippen molar-refractivity contribution in [3.05, 3.63) is 59.3 Å². The van der Waals surface area contributed by atoms with Gasteiger partial charge in [0, 0.05) is 16.9 Å². The van der Waals surface area contributed by atoms with Crippen LogP contribution in [0.1, 0.15) is 25.5 Å². The van der Waals surface area contributed by atoms with Crippen molar-refractivity contribution in [1.82, 2.24) is 10.6 Å². The van der Waals surface area contributed by atoms with Gasteiger partial charge in [-0.3, -0.25) is 4.79 Å². The van der Waals surface area contributed by atoms with Crippen LogP contribution in [0.3, 0.4) is 0 Å². The second-order valence-electron chi connectivity index (χ2n) is 6.59. The van der Waals surface area contributed by atoms with Crippen molar-refractivity contribution in [3.63, 3.8) is 0 Å². The third-order valence-electron chi connectivity index (χ3n) is 4.68. The lowest BCUT2D eigenvalue weighted by Crippen LogP contribution is -2.46. The highest BCUT2D eigenvalue weighted by Gasteiger charge is 2.33. The number of ether oxygens (including phenoxy) is 3. The van der Waals surface area contributed by atoms with Crippen molar-refractivity contribution >= 4 is 17.6 Å². The highest BCUT2D eigenvalue weighted by molar-refractivity contribution is 6.06. The number of anilines is 1. The molecule has 0 spiro atoms. The molecule has 1 heterocycles. The van der Waals surface area contributed by atoms with Crippen molar-refractivity contribution < 1.29 is 23.8 Å². The molecule has 1 aliphatic heterocycles. The number of benzene rings is 2. The number of carbonyl (C=O) groups is 2. The van der Waals surface area contributed by atoms with Gasteiger partial charge < -0.3 is 30.2 Å². The Bertz CT molecular complexity index is 969. The number of amides is 3. The van der Waals surface area contributed by atoms with E-state index in [4.69, 9.17) is 14.2 Å². The summed E-state index contributed by atoms with van der Waals surface area (Å²) in [6.45, 7) is 4.15. The maximum atomic E-state index is 13.2. The number of carbonyl (C=O) groups excluding carboxylic acids is 2. The number of rotatable bonds is 7. The molecule has 0 aromatic heterocycles. The number of methoxy groups -OCH3 is 2. The summed E-state index contributed by atoms with van der Waals surface area (Å²) in [7, 11) is 3.08. The van der Waals surface area contributed by atoms with Crippen molar-refractivity contribution in [3.8, 4) is 17.2 Å². The molecule has 0 saturated carbocycles. The minimum atomic E-state index is -0.716. The summed E-state index contributed by atoms with van der Waals surface area (Å²) >= 11 is 0. The van der Waals surface area contributed by atoms with Gasteiger partial charge in [0.2, 0.25) is 0 Å². The molecular weight excluding hydrogens is 386 g/mol. The zero-order valence-corrected chi connectivity index (χ0v) is 17.4. The molecule has 2 aromatic rings. The Labute approximate surface area is 175 Å². The van der Waals surface area contributed by atoms with Gasteiger partial charge in [0.25, 0.3) is 5.91 Å². The summed E-state index contributed by atoms with van der Waals surface area (Å²) in [5.74, 6) is 1.49. The molecule has 1 aliphatic rings. The Balaban J connectivity index is 1.95. The van der Waals surface area contributed by atoms with Crippen LogP contribution in [-0.4, -0.2) is 32.8 Å². The maximum absolute atomic E-state index is 13.2. The number of nitrogens with one attached hydrogen (secondary N) is 3. The third kappa shape index (κ3) is 4.48. The molecule has 0 radical (unpaired) electrons. The van der Waals surface area contributed by atoms with Crippen LogP contribution in [0.2, 0.25) is 0 Å². The Morgan fingerprint density at radius 3 is 2.40 bits per heavy atom. The van der Waals surface area contributed by atoms with Crippen LogP contribution in [-0.2, 0) is 4.79 Å². The van der Waals surface area contributed by atoms with Crippen molar-refractivity contribution in [2.24, 2.45) is 0 Å². The molecule has 1 atom stereocenters. The van der Waals surface area contributed by atoms with Crippen LogP contribution in [0.15, 0.2) is 53.7 Å². The number of allylic oxidation sites excluding steroid dienone is 1. The van der Waals surface area contributed by atoms with E-state index >= 15 is 0 Å². The smallest absolute Gasteiger partial charge is 0.319 e. The van der Waals surface area contributed by atoms with E-state index in [1.54, 1.807) is 56.5 Å². The van der Waals surface area contributed by atoms with Crippen molar-refractivity contribution in [2.75, 3.05) is 26.1 Å². The van der Waals surface area contributed by atoms with Gasteiger partial charge in [-0.05, 0) is 56.3 Å². The molecule has 3 N–H and O–H groups in total. The minimum Gasteiger partial charge on any atom is -0.497 e. The van der Waals surface area contributed by atoms with Crippen LogP contribution >= 0.6 is 0 Å². The van der Waals surface area contributed by atoms with Crippen molar-refractivity contribution in [1.29, 1.82) is 0 Å². The molecule has 30 heavy (non-hydrogen) atoms. The summed E-state index contributed by atoms with van der Waals surface area (Å²) in [5, 5.41) is 8.35. The van der Waals surface area contributed by atoms with E-state index in [-0.39, 0.29) is 5.91 Å². The molecule has 158 valence electrons. The molecule has 2 aromatic carbocycles. The topological polar surface area (TPSA) is 97.9 Å². The second-order valence-corrected chi connectivity index (χ2v) is 6.59. The Hall–Kier alpha value is -3.68. The fourth-order valence-corrected chi connectivity index (χ4v) is 3.29. The highest BCUT2D eigenvalue weighted by Crippen LogP contribution is 2.36. The quantitative estimate of drug-likeness (QED) is 0.649. The number of hydrogen-bond acceptors (Lipinski definition) is 5. The van der Waals surface area contributed by atoms with Gasteiger partial charge >= 0.3 is 6.03 Å². The predicted molar refractivity (Wildman–Crippen MR) is 113 cm³/mol. The zero-order valence-electron chi connectivity index (χ0n) is 17.4. The van der Waals surface area contributed by atoms with Gasteiger partial charge in [0.1, 0.15) is 17.2 Å². The molecule has 0 unspecified atom stereocenters. The van der Waals surface area contributed by atoms with Gasteiger partial charge in [-0.25, -0.2) is 4.79 Å². The summed E-state index contributed by atoms with van der Waals surface area (Å²) in [6, 6.07) is 11.2. The van der Waals surface area contributed by atoms with E-state index in [0.717, 1.165) is 5.75 Å². The minimum absolute atomic E-state index is 0.348. The van der Waals surface area contributed by atoms with E-state index < -0.39 is 12.1 Å². The van der Waals surface area contributed by atoms with E-state index in [0.29, 0.717) is 40.6 Å². The number of hydrogen-bond donors (Lipinski definition) is 3. The molecule has 8 heteroatoms. The first-order valence-corrected chi connectivity index (χ1v) is 9.51. The molecule has 3 rings (SSSR count). The molecule has 0 bridgehead atoms. The zero-order chi connectivity index (χ0) is 21.7. The Morgan fingerprint density at radius 2 is 1.77 bits per heavy atom. The molecule has 0 aliphatic carbocycles. The first-order valence-electron chi connectivity index (χ1n) is 9.51. The van der Waals surface area contributed by atoms with Crippen LogP contribution in [0.4, 0.5) is 10.5 Å². The first-order chi connectivity index (χ1) is 14.5. The van der Waals surface area contributed by atoms with Gasteiger partial charge in [0.15, 0.2) is 0 Å². The number of urea groups is 1. The van der Waals surface area contributed by atoms with Gasteiger partial charge in [-0.2, -0.15) is 0 Å². The Morgan fingerprint density at radius 1 is 1.07 bits per heavy atom. The summed E-state index contributed by atoms with van der Waals surface area (Å²) in [6.07, 6.45) is 0. The van der Waals surface area contributed by atoms with Gasteiger partial charge in [-0.15, -0.1) is 0 Å². The standard InChI is InChI=1S/C22H25N3O5/c1-5-30-15-8-6-14(7-9-15)24-21(26)19-13(2)23-22(27)25-20(19)17-12-16(28-3)10-11-18(17)29-4/h6-12,20H,5H2,1-4H3,(H,24,26)(H2,23,25,27)/t20-/m0/s1. The molecule has 8 nitrogen and oxygen atoms in total. The van der Waals surface area contributed by atoms with Gasteiger partial charge in [-0.1, -0.05) is 0 Å². The molecule has 3 amide bonds. The summed E-state index contributed by atoms with van der Waals surface area (Å²) in [4.78, 5) is 25.3. The lowest BCUT2D eigenvalue weighted by molar-refractivity contribution is -0.113. The first kappa shape index (κ1) is 21.0.